The highest BCUT2D eigenvalue weighted by Crippen LogP contribution is 2.28. The van der Waals surface area contributed by atoms with E-state index in [1.807, 2.05) is 32.0 Å². The number of carbonyl (C=O) groups excluding carboxylic acids is 17. The van der Waals surface area contributed by atoms with Gasteiger partial charge in [0.05, 0.1) is 37.8 Å². The van der Waals surface area contributed by atoms with Crippen molar-refractivity contribution in [3.05, 3.63) is 150 Å². The molecule has 43 heteroatoms. The minimum atomic E-state index is -1.87. The SMILES string of the molecule is CCCC[C@H]1C(=O)N(C)[C@@H](CCCC)C(=O)N[C@@H](Cc2cccnc2)C(=O)N[C@H](C(=O)NCC(N)=O)CSCC(=O)N[C@@H](Cc2ccc(O)cc2)C(=O)N(C)[C@@H](C)C(=O)N[C@@H](CC(N)=O)C(=O)N2CCC[C@H]2C(=O)N[C@@H](Cc2cnc[nH]2)C(=O)N[C@@H](CC(C)C)C(=O)N2C[C@H](O)CC2C(=O)N[C@@H](CCc2c[nH]c3ccccc23)C(=O)N[C@@H](CO)C(=O)N[C@@H](Cc2c[nH]c3ccccc23)C(=O)N1C. The van der Waals surface area contributed by atoms with Crippen molar-refractivity contribution >= 4 is 134 Å². The van der Waals surface area contributed by atoms with Crippen LogP contribution in [-0.4, -0.2) is 315 Å². The molecule has 3 aliphatic heterocycles. The summed E-state index contributed by atoms with van der Waals surface area (Å²) < 4.78 is 0. The number of primary amides is 2. The fraction of sp³-hybridized carbons (Fsp3) is 0.500. The quantitative estimate of drug-likeness (QED) is 0.0321. The van der Waals surface area contributed by atoms with E-state index in [4.69, 9.17) is 11.5 Å². The summed E-state index contributed by atoms with van der Waals surface area (Å²) in [5.74, 6) is -17.4. The minimum Gasteiger partial charge on any atom is -0.508 e. The van der Waals surface area contributed by atoms with Gasteiger partial charge in [0, 0.05) is 131 Å². The number of aliphatic hydroxyl groups is 2. The molecular weight excluding hydrogens is 1790 g/mol. The lowest BCUT2D eigenvalue weighted by atomic mass is 10.00. The van der Waals surface area contributed by atoms with E-state index in [1.54, 1.807) is 68.7 Å². The molecule has 0 aliphatic carbocycles. The molecule has 20 N–H and O–H groups in total. The van der Waals surface area contributed by atoms with Crippen LogP contribution in [0.3, 0.4) is 0 Å². The predicted octanol–water partition coefficient (Wildman–Crippen LogP) is -1.16. The molecule has 137 heavy (non-hydrogen) atoms. The van der Waals surface area contributed by atoms with Crippen LogP contribution in [0.4, 0.5) is 0 Å². The molecule has 7 heterocycles. The molecule has 42 nitrogen and oxygen atoms in total. The summed E-state index contributed by atoms with van der Waals surface area (Å²) in [7, 11) is 3.95. The number of nitrogens with two attached hydrogens (primary N) is 2. The number of para-hydroxylation sites is 2. The molecule has 4 aromatic heterocycles. The summed E-state index contributed by atoms with van der Waals surface area (Å²) in [6, 6.07) is 1.44. The number of nitrogens with zero attached hydrogens (tertiary/aromatic N) is 7. The Bertz CT molecular complexity index is 5430. The first kappa shape index (κ1) is 105. The number of aromatic amines is 3. The average Bonchev–Trinajstić information content (AvgIpc) is 1.61. The fourth-order valence-electron chi connectivity index (χ4n) is 17.1. The van der Waals surface area contributed by atoms with Crippen LogP contribution in [0.25, 0.3) is 21.8 Å². The van der Waals surface area contributed by atoms with Crippen molar-refractivity contribution in [2.24, 2.45) is 17.4 Å². The number of hydrogen-bond donors (Lipinski definition) is 18. The first-order valence-electron chi connectivity index (χ1n) is 46.0. The minimum absolute atomic E-state index is 0.000719. The number of amides is 17. The van der Waals surface area contributed by atoms with Crippen LogP contribution >= 0.6 is 11.8 Å². The molecule has 15 atom stereocenters. The summed E-state index contributed by atoms with van der Waals surface area (Å²) in [6.07, 6.45) is 6.94. The number of carbonyl (C=O) groups is 17. The third kappa shape index (κ3) is 28.9. The maximum absolute atomic E-state index is 15.8. The first-order chi connectivity index (χ1) is 65.4. The number of unbranched alkanes of at least 4 members (excludes halogenated alkanes) is 2. The predicted molar refractivity (Wildman–Crippen MR) is 503 cm³/mol. The second kappa shape index (κ2) is 50.1. The number of nitrogens with one attached hydrogen (secondary N) is 13. The molecular formula is C94H126N22O20S. The number of hydrogen-bond acceptors (Lipinski definition) is 23. The molecule has 738 valence electrons. The van der Waals surface area contributed by atoms with E-state index in [0.29, 0.717) is 64.5 Å². The Kier molecular flexibility index (Phi) is 38.5. The molecule has 3 aromatic carbocycles. The average molecular weight is 1920 g/mol. The van der Waals surface area contributed by atoms with Gasteiger partial charge in [-0.1, -0.05) is 108 Å². The number of aryl methyl sites for hydroxylation is 1. The van der Waals surface area contributed by atoms with Gasteiger partial charge in [-0.3, -0.25) is 86.5 Å². The fourth-order valence-corrected chi connectivity index (χ4v) is 18.0. The maximum atomic E-state index is 15.8. The third-order valence-corrected chi connectivity index (χ3v) is 25.8. The van der Waals surface area contributed by atoms with Gasteiger partial charge in [0.2, 0.25) is 100 Å². The number of benzene rings is 3. The Morgan fingerprint density at radius 1 is 0.533 bits per heavy atom. The number of aromatic nitrogens is 5. The van der Waals surface area contributed by atoms with E-state index < -0.39 is 229 Å². The number of H-pyrrole nitrogens is 3. The van der Waals surface area contributed by atoms with Crippen LogP contribution in [0.15, 0.2) is 122 Å². The van der Waals surface area contributed by atoms with Crippen LogP contribution in [0, 0.1) is 5.92 Å². The second-order valence-electron chi connectivity index (χ2n) is 35.4. The Morgan fingerprint density at radius 3 is 1.74 bits per heavy atom. The summed E-state index contributed by atoms with van der Waals surface area (Å²) in [4.78, 5) is 274. The molecule has 0 radical (unpaired) electrons. The zero-order valence-corrected chi connectivity index (χ0v) is 78.8. The van der Waals surface area contributed by atoms with Crippen molar-refractivity contribution in [3.8, 4) is 5.75 Å². The van der Waals surface area contributed by atoms with Crippen LogP contribution in [0.1, 0.15) is 140 Å². The number of rotatable bonds is 25. The number of aromatic hydroxyl groups is 1. The van der Waals surface area contributed by atoms with Crippen LogP contribution < -0.4 is 64.6 Å². The number of phenols is 1. The number of phenolic OH excluding ortho intramolecular Hbond substituents is 1. The molecule has 10 rings (SSSR count). The topological polar surface area (TPSA) is 613 Å². The number of fused-ring (bicyclic) bond motifs is 4. The smallest absolute Gasteiger partial charge is 0.246 e. The molecule has 0 bridgehead atoms. The van der Waals surface area contributed by atoms with Crippen LogP contribution in [0.2, 0.25) is 0 Å². The number of pyridine rings is 1. The van der Waals surface area contributed by atoms with Crippen LogP contribution in [-0.2, 0) is 114 Å². The molecule has 3 fully saturated rings. The molecule has 0 spiro atoms. The molecule has 17 amide bonds. The lowest BCUT2D eigenvalue weighted by Crippen LogP contribution is -2.61. The van der Waals surface area contributed by atoms with E-state index in [9.17, 15) is 53.7 Å². The summed E-state index contributed by atoms with van der Waals surface area (Å²) in [6.45, 7) is 6.11. The highest BCUT2D eigenvalue weighted by molar-refractivity contribution is 8.00. The van der Waals surface area contributed by atoms with Gasteiger partial charge in [0.15, 0.2) is 0 Å². The largest absolute Gasteiger partial charge is 0.508 e. The zero-order chi connectivity index (χ0) is 99.4. The van der Waals surface area contributed by atoms with Crippen molar-refractivity contribution in [3.63, 3.8) is 0 Å². The van der Waals surface area contributed by atoms with Gasteiger partial charge in [0.25, 0.3) is 0 Å². The monoisotopic (exact) mass is 1910 g/mol. The Labute approximate surface area is 796 Å². The third-order valence-electron chi connectivity index (χ3n) is 24.8. The van der Waals surface area contributed by atoms with Gasteiger partial charge in [-0.25, -0.2) is 4.98 Å². The summed E-state index contributed by atoms with van der Waals surface area (Å²) in [5.41, 5.74) is 14.9. The highest BCUT2D eigenvalue weighted by Gasteiger charge is 2.47. The normalized spacial score (nSPS) is 24.6. The van der Waals surface area contributed by atoms with E-state index in [1.165, 1.54) is 82.1 Å². The number of thioether (sulfide) groups is 1. The Hall–Kier alpha value is -13.8. The molecule has 3 aliphatic rings. The number of likely N-dealkylation sites (N-methyl/N-ethyl adjacent to an activating group) is 3. The van der Waals surface area contributed by atoms with Crippen molar-refractivity contribution in [2.45, 2.75) is 234 Å². The lowest BCUT2D eigenvalue weighted by Gasteiger charge is -2.36. The van der Waals surface area contributed by atoms with Crippen molar-refractivity contribution < 1.29 is 96.8 Å². The Morgan fingerprint density at radius 2 is 1.09 bits per heavy atom. The highest BCUT2D eigenvalue weighted by atomic mass is 32.2. The van der Waals surface area contributed by atoms with E-state index in [0.717, 1.165) is 42.3 Å². The maximum Gasteiger partial charge on any atom is 0.246 e. The molecule has 0 saturated carbocycles. The summed E-state index contributed by atoms with van der Waals surface area (Å²) in [5, 5.41) is 61.1. The van der Waals surface area contributed by atoms with Crippen molar-refractivity contribution in [1.82, 2.24) is 103 Å². The van der Waals surface area contributed by atoms with E-state index in [2.05, 4.69) is 78.1 Å². The van der Waals surface area contributed by atoms with Crippen molar-refractivity contribution in [1.29, 1.82) is 0 Å². The zero-order valence-electron chi connectivity index (χ0n) is 78.0. The van der Waals surface area contributed by atoms with E-state index in [-0.39, 0.29) is 95.3 Å². The van der Waals surface area contributed by atoms with Gasteiger partial charge >= 0.3 is 0 Å². The van der Waals surface area contributed by atoms with Gasteiger partial charge < -0.3 is 119 Å². The number of imidazole rings is 1. The second-order valence-corrected chi connectivity index (χ2v) is 36.4. The van der Waals surface area contributed by atoms with Gasteiger partial charge in [-0.2, -0.15) is 0 Å². The van der Waals surface area contributed by atoms with Crippen molar-refractivity contribution in [2.75, 3.05) is 58.9 Å². The van der Waals surface area contributed by atoms with Crippen LogP contribution in [0.5, 0.6) is 5.75 Å². The standard InChI is InChI=1S/C94H126N22O20S/c1-9-11-24-74-87(129)105-66(37-55-19-17-33-97-42-55)84(126)111-73(82(124)101-46-79(96)121)49-137-50-80(122)103-69(36-54-27-30-59(118)31-28-54)90(132)112(6)53(5)81(123)107-71(41-78(95)120)92(134)115-34-18-26-75(115)88(130)106-67(39-58-45-98-51-102-58)85(127)108-68(35-52(3)4)93(135)116-47-60(119)40-77(116)89(131)104-65(32-29-56-43-99-63-22-15-13-20-61(56)63)83(125)110-72(48-117)86(128)109-70(38-57-44-100-64-23-16-14-21-62(57)64)91(133)114(8)76(25-12-10-2)94(136)113(74)7/h13-17,19-23,27-28,30-31,33,42-45,51-53,60,65-77,99-100,117-119H,9-12,18,24-26,29,32,34-41,46-50H2,1-8H3,(H2,95,120)(H2,96,121)(H,98,102)(H,101,124)(H,103,122)(H,104,131)(H,105,129)(H,106,130)(H,107,123)(H,108,127)(H,109,128)(H,110,125)(H,111,126)/t53-,60+,65-,66-,67-,68-,69-,70-,71-,72-,73-,74-,75-,76-,77?/m0/s1. The molecule has 1 unspecified atom stereocenters. The summed E-state index contributed by atoms with van der Waals surface area (Å²) >= 11 is 0.778. The Balaban J connectivity index is 1.02. The molecule has 7 aromatic rings. The van der Waals surface area contributed by atoms with Gasteiger partial charge in [-0.15, -0.1) is 11.8 Å². The number of aliphatic hydroxyl groups excluding tert-OH is 2. The lowest BCUT2D eigenvalue weighted by molar-refractivity contribution is -0.149. The van der Waals surface area contributed by atoms with Gasteiger partial charge in [-0.05, 0) is 110 Å². The molecule has 3 saturated heterocycles. The first-order valence-corrected chi connectivity index (χ1v) is 47.2. The van der Waals surface area contributed by atoms with Gasteiger partial charge in [0.1, 0.15) is 90.3 Å². The van der Waals surface area contributed by atoms with E-state index >= 15 is 43.2 Å².